The molecular weight excluding hydrogens is 152 g/mol. The molecule has 0 rings (SSSR count). The van der Waals surface area contributed by atoms with Crippen LogP contribution < -0.4 is 0 Å². The van der Waals surface area contributed by atoms with Crippen molar-refractivity contribution < 1.29 is 14.6 Å². The third kappa shape index (κ3) is 3.74. The van der Waals surface area contributed by atoms with Crippen LogP contribution in [-0.2, 0) is 9.53 Å². The van der Waals surface area contributed by atoms with Crippen LogP contribution >= 0.6 is 11.8 Å². The predicted octanol–water partition coefficient (Wildman–Crippen LogP) is 0.273. The van der Waals surface area contributed by atoms with E-state index in [1.54, 1.807) is 11.8 Å². The lowest BCUT2D eigenvalue weighted by atomic mass is 10.3. The molecule has 0 aliphatic rings. The number of aliphatic hydroxyl groups excluding tert-OH is 1. The minimum Gasteiger partial charge on any atom is -0.467 e. The Morgan fingerprint density at radius 2 is 2.40 bits per heavy atom. The molecule has 0 aliphatic heterocycles. The van der Waals surface area contributed by atoms with E-state index in [9.17, 15) is 4.79 Å². The van der Waals surface area contributed by atoms with Gasteiger partial charge in [0.05, 0.1) is 7.11 Å². The molecule has 0 saturated heterocycles. The van der Waals surface area contributed by atoms with E-state index in [0.29, 0.717) is 6.42 Å². The number of rotatable bonds is 4. The molecule has 60 valence electrons. The van der Waals surface area contributed by atoms with Gasteiger partial charge in [0, 0.05) is 0 Å². The molecule has 0 radical (unpaired) electrons. The highest BCUT2D eigenvalue weighted by atomic mass is 32.2. The number of methoxy groups -OCH3 is 1. The number of carbonyl (C=O) groups is 1. The highest BCUT2D eigenvalue weighted by molar-refractivity contribution is 7.98. The first-order valence-electron chi connectivity index (χ1n) is 2.97. The van der Waals surface area contributed by atoms with Crippen LogP contribution in [0.15, 0.2) is 0 Å². The van der Waals surface area contributed by atoms with Gasteiger partial charge in [0.2, 0.25) is 0 Å². The van der Waals surface area contributed by atoms with E-state index in [2.05, 4.69) is 4.74 Å². The molecule has 0 unspecified atom stereocenters. The van der Waals surface area contributed by atoms with E-state index in [-0.39, 0.29) is 0 Å². The van der Waals surface area contributed by atoms with Crippen molar-refractivity contribution in [3.8, 4) is 0 Å². The molecule has 3 nitrogen and oxygen atoms in total. The van der Waals surface area contributed by atoms with Crippen molar-refractivity contribution in [2.24, 2.45) is 0 Å². The van der Waals surface area contributed by atoms with Gasteiger partial charge in [-0.2, -0.15) is 11.8 Å². The number of hydrogen-bond acceptors (Lipinski definition) is 4. The number of aliphatic hydroxyl groups is 1. The maximum atomic E-state index is 10.5. The van der Waals surface area contributed by atoms with Gasteiger partial charge < -0.3 is 9.84 Å². The Morgan fingerprint density at radius 1 is 1.80 bits per heavy atom. The van der Waals surface area contributed by atoms with Crippen LogP contribution in [0.1, 0.15) is 6.42 Å². The van der Waals surface area contributed by atoms with Gasteiger partial charge in [-0.05, 0) is 18.4 Å². The largest absolute Gasteiger partial charge is 0.467 e. The summed E-state index contributed by atoms with van der Waals surface area (Å²) < 4.78 is 4.31. The highest BCUT2D eigenvalue weighted by Gasteiger charge is 2.13. The third-order valence-corrected chi connectivity index (χ3v) is 1.71. The molecule has 4 heteroatoms. The van der Waals surface area contributed by atoms with Crippen molar-refractivity contribution >= 4 is 17.7 Å². The van der Waals surface area contributed by atoms with Crippen molar-refractivity contribution in [1.82, 2.24) is 0 Å². The third-order valence-electron chi connectivity index (χ3n) is 1.07. The van der Waals surface area contributed by atoms with Crippen LogP contribution in [-0.4, -0.2) is 36.3 Å². The molecule has 1 N–H and O–H groups in total. The van der Waals surface area contributed by atoms with Gasteiger partial charge in [0.1, 0.15) is 0 Å². The van der Waals surface area contributed by atoms with E-state index in [4.69, 9.17) is 5.11 Å². The number of thioether (sulfide) groups is 1. The summed E-state index contributed by atoms with van der Waals surface area (Å²) in [6, 6.07) is 0. The molecule has 0 heterocycles. The molecule has 0 saturated carbocycles. The fraction of sp³-hybridized carbons (Fsp3) is 0.833. The van der Waals surface area contributed by atoms with Crippen LogP contribution in [0.2, 0.25) is 0 Å². The summed E-state index contributed by atoms with van der Waals surface area (Å²) in [6.07, 6.45) is 1.44. The lowest BCUT2D eigenvalue weighted by Gasteiger charge is -2.05. The van der Waals surface area contributed by atoms with Crippen molar-refractivity contribution in [3.05, 3.63) is 0 Å². The van der Waals surface area contributed by atoms with E-state index >= 15 is 0 Å². The Morgan fingerprint density at radius 3 is 2.80 bits per heavy atom. The quantitative estimate of drug-likeness (QED) is 0.606. The molecule has 0 spiro atoms. The molecule has 0 bridgehead atoms. The van der Waals surface area contributed by atoms with Gasteiger partial charge in [-0.15, -0.1) is 0 Å². The Hall–Kier alpha value is -0.220. The zero-order chi connectivity index (χ0) is 7.98. The average molecular weight is 164 g/mol. The fourth-order valence-electron chi connectivity index (χ4n) is 0.483. The Kier molecular flexibility index (Phi) is 5.43. The van der Waals surface area contributed by atoms with Crippen LogP contribution in [0.25, 0.3) is 0 Å². The van der Waals surface area contributed by atoms with Gasteiger partial charge in [0.15, 0.2) is 6.10 Å². The normalized spacial score (nSPS) is 12.7. The van der Waals surface area contributed by atoms with E-state index < -0.39 is 12.1 Å². The van der Waals surface area contributed by atoms with Crippen LogP contribution in [0.3, 0.4) is 0 Å². The minimum atomic E-state index is -0.947. The summed E-state index contributed by atoms with van der Waals surface area (Å²) in [5.41, 5.74) is 0. The van der Waals surface area contributed by atoms with Crippen LogP contribution in [0, 0.1) is 0 Å². The van der Waals surface area contributed by atoms with E-state index in [1.807, 2.05) is 6.26 Å². The van der Waals surface area contributed by atoms with Gasteiger partial charge >= 0.3 is 5.97 Å². The van der Waals surface area contributed by atoms with E-state index in [1.165, 1.54) is 7.11 Å². The molecule has 0 fully saturated rings. The van der Waals surface area contributed by atoms with E-state index in [0.717, 1.165) is 5.75 Å². The number of ether oxygens (including phenoxy) is 1. The van der Waals surface area contributed by atoms with Crippen molar-refractivity contribution in [3.63, 3.8) is 0 Å². The lowest BCUT2D eigenvalue weighted by molar-refractivity contribution is -0.150. The summed E-state index contributed by atoms with van der Waals surface area (Å²) in [7, 11) is 1.27. The Bertz CT molecular complexity index is 105. The standard InChI is InChI=1S/C6H12O3S/c1-9-6(8)5(7)3-4-10-2/h5,7H,3-4H2,1-2H3/t5-/m0/s1. The smallest absolute Gasteiger partial charge is 0.334 e. The minimum absolute atomic E-state index is 0.466. The summed E-state index contributed by atoms with van der Waals surface area (Å²) in [5, 5.41) is 8.96. The van der Waals surface area contributed by atoms with Gasteiger partial charge in [-0.1, -0.05) is 0 Å². The summed E-state index contributed by atoms with van der Waals surface area (Å²) in [6.45, 7) is 0. The number of hydrogen-bond donors (Lipinski definition) is 1. The summed E-state index contributed by atoms with van der Waals surface area (Å²) in [4.78, 5) is 10.5. The maximum Gasteiger partial charge on any atom is 0.334 e. The molecule has 1 atom stereocenters. The van der Waals surface area contributed by atoms with Crippen LogP contribution in [0.5, 0.6) is 0 Å². The Labute approximate surface area is 64.8 Å². The molecule has 0 amide bonds. The van der Waals surface area contributed by atoms with Crippen molar-refractivity contribution in [2.45, 2.75) is 12.5 Å². The van der Waals surface area contributed by atoms with Crippen LogP contribution in [0.4, 0.5) is 0 Å². The molecule has 0 aliphatic carbocycles. The maximum absolute atomic E-state index is 10.5. The summed E-state index contributed by atoms with van der Waals surface area (Å²) >= 11 is 1.59. The molecule has 0 aromatic heterocycles. The zero-order valence-corrected chi connectivity index (χ0v) is 6.98. The first-order valence-corrected chi connectivity index (χ1v) is 4.36. The topological polar surface area (TPSA) is 46.5 Å². The first-order chi connectivity index (χ1) is 4.72. The second kappa shape index (κ2) is 5.56. The molecular formula is C6H12O3S. The second-order valence-corrected chi connectivity index (χ2v) is 2.81. The summed E-state index contributed by atoms with van der Waals surface area (Å²) in [5.74, 6) is 0.227. The highest BCUT2D eigenvalue weighted by Crippen LogP contribution is 2.00. The SMILES string of the molecule is COC(=O)[C@@H](O)CCSC. The first kappa shape index (κ1) is 9.78. The fourth-order valence-corrected chi connectivity index (χ4v) is 0.942. The second-order valence-electron chi connectivity index (χ2n) is 1.82. The monoisotopic (exact) mass is 164 g/mol. The average Bonchev–Trinajstić information content (AvgIpc) is 1.98. The van der Waals surface area contributed by atoms with Crippen molar-refractivity contribution in [2.75, 3.05) is 19.1 Å². The Balaban J connectivity index is 3.41. The lowest BCUT2D eigenvalue weighted by Crippen LogP contribution is -2.22. The van der Waals surface area contributed by atoms with Gasteiger partial charge in [-0.25, -0.2) is 4.79 Å². The molecule has 0 aromatic rings. The molecule has 10 heavy (non-hydrogen) atoms. The van der Waals surface area contributed by atoms with Gasteiger partial charge in [0.25, 0.3) is 0 Å². The predicted molar refractivity (Wildman–Crippen MR) is 41.0 cm³/mol. The molecule has 0 aromatic carbocycles. The zero-order valence-electron chi connectivity index (χ0n) is 6.16. The number of carbonyl (C=O) groups excluding carboxylic acids is 1. The number of esters is 1. The van der Waals surface area contributed by atoms with Crippen molar-refractivity contribution in [1.29, 1.82) is 0 Å². The van der Waals surface area contributed by atoms with Gasteiger partial charge in [-0.3, -0.25) is 0 Å².